The molecule has 4 aromatic carbocycles. The molecule has 0 aliphatic carbocycles. The average Bonchev–Trinajstić information content (AvgIpc) is 1.79. The molecule has 8 N–H and O–H groups in total. The normalized spacial score (nSPS) is 18.2. The lowest BCUT2D eigenvalue weighted by molar-refractivity contribution is -0.149. The summed E-state index contributed by atoms with van der Waals surface area (Å²) >= 11 is 0. The summed E-state index contributed by atoms with van der Waals surface area (Å²) in [6.45, 7) is 28.1. The number of Topliss-reactive ketones (excluding diaryl/α,β-unsaturated/α-hetero) is 2. The van der Waals surface area contributed by atoms with Crippen LogP contribution in [0, 0.1) is 59.2 Å². The average molecular weight is 1810 g/mol. The number of methoxy groups -OCH3 is 4. The van der Waals surface area contributed by atoms with E-state index in [9.17, 15) is 64.8 Å². The maximum absolute atomic E-state index is 14.4. The molecule has 710 valence electrons. The molecule has 2 aliphatic rings. The number of likely N-dealkylation sites (N-methyl/N-ethyl adjacent to an activating group) is 4. The second-order valence-electron chi connectivity index (χ2n) is 36.5. The van der Waals surface area contributed by atoms with Crippen LogP contribution in [0.5, 0.6) is 0 Å². The Bertz CT molecular complexity index is 4410. The predicted octanol–water partition coefficient (Wildman–Crippen LogP) is 9.22. The van der Waals surface area contributed by atoms with Crippen LogP contribution in [0.25, 0.3) is 0 Å². The Morgan fingerprint density at radius 2 is 0.787 bits per heavy atom. The molecule has 6 rings (SSSR count). The number of nitrogens with zero attached hydrogens (tertiary/aromatic N) is 6. The van der Waals surface area contributed by atoms with E-state index in [0.29, 0.717) is 79.7 Å². The van der Waals surface area contributed by atoms with Crippen LogP contribution in [0.15, 0.2) is 114 Å². The molecule has 32 heteroatoms. The minimum absolute atomic E-state index is 0.00353. The first kappa shape index (κ1) is 109. The van der Waals surface area contributed by atoms with Crippen LogP contribution in [0.2, 0.25) is 0 Å². The largest absolute Gasteiger partial charge is 0.399 e. The topological polar surface area (TPSA) is 395 Å². The van der Waals surface area contributed by atoms with Gasteiger partial charge in [-0.05, 0) is 142 Å². The molecule has 2 heterocycles. The van der Waals surface area contributed by atoms with E-state index >= 15 is 0 Å². The second kappa shape index (κ2) is 51.0. The Kier molecular flexibility index (Phi) is 43.7. The number of nitrogens with one attached hydrogen (secondary N) is 4. The third-order valence-electron chi connectivity index (χ3n) is 25.5. The zero-order chi connectivity index (χ0) is 95.4. The summed E-state index contributed by atoms with van der Waals surface area (Å²) in [7, 11) is 8.54. The molecule has 18 atom stereocenters. The summed E-state index contributed by atoms with van der Waals surface area (Å²) < 4.78 is 81.0. The number of ether oxygens (including phenoxy) is 4. The van der Waals surface area contributed by atoms with E-state index in [-0.39, 0.29) is 126 Å². The number of benzene rings is 4. The Morgan fingerprint density at radius 3 is 1.10 bits per heavy atom. The number of nitrogens with two attached hydrogens (primary N) is 2. The van der Waals surface area contributed by atoms with E-state index < -0.39 is 134 Å². The molecule has 127 heavy (non-hydrogen) atoms. The third kappa shape index (κ3) is 31.0. The van der Waals surface area contributed by atoms with Crippen LogP contribution < -0.4 is 31.5 Å². The lowest BCUT2D eigenvalue weighted by atomic mass is 9.83. The van der Waals surface area contributed by atoms with E-state index in [0.717, 1.165) is 0 Å². The quantitative estimate of drug-likeness (QED) is 0.0224. The van der Waals surface area contributed by atoms with Crippen LogP contribution in [0.1, 0.15) is 178 Å². The van der Waals surface area contributed by atoms with Gasteiger partial charge in [0.1, 0.15) is 12.1 Å². The van der Waals surface area contributed by atoms with Crippen LogP contribution in [-0.2, 0) is 106 Å². The van der Waals surface area contributed by atoms with Gasteiger partial charge in [-0.25, -0.2) is 21.6 Å². The molecular weight excluding hydrogens is 1660 g/mol. The van der Waals surface area contributed by atoms with E-state index in [1.807, 2.05) is 127 Å². The fourth-order valence-electron chi connectivity index (χ4n) is 18.3. The van der Waals surface area contributed by atoms with E-state index in [2.05, 4.69) is 20.1 Å². The van der Waals surface area contributed by atoms with Crippen molar-refractivity contribution in [3.63, 3.8) is 0 Å². The van der Waals surface area contributed by atoms with Crippen molar-refractivity contribution in [3.05, 3.63) is 126 Å². The number of likely N-dealkylation sites (tertiary alicyclic amines) is 2. The van der Waals surface area contributed by atoms with Crippen molar-refractivity contribution >= 4 is 90.2 Å². The van der Waals surface area contributed by atoms with Crippen LogP contribution in [0.3, 0.4) is 0 Å². The third-order valence-corrected chi connectivity index (χ3v) is 28.1. The zero-order valence-corrected chi connectivity index (χ0v) is 81.3. The number of hydrogen-bond donors (Lipinski definition) is 6. The van der Waals surface area contributed by atoms with E-state index in [1.54, 1.807) is 126 Å². The number of carbonyl (C=O) groups is 10. The molecule has 0 saturated carbocycles. The highest BCUT2D eigenvalue weighted by molar-refractivity contribution is 7.90. The standard InChI is InChI=1S/C48H76N6O9S.C47H74N6O9S/c1-13-32(6)44(53(10)48(59)37(30(2)3)27-40(55)43(31(4)5)52(8)9)41(62-11)28-42(56)54-25-17-20-39(54)45(63-12)33(7)46(57)50-38(26-34-18-15-14-16-19-34)47(58)51-64(60,61)29-35-21-23-36(49)24-22-35;1-13-31(6)43(52(10)47(58)36(29(2)3)27-39(54)42(30(4)5)51(8)9)40(61-11)28-41(55)53-25-17-20-38(53)44(62-12)32(7)45(56)49-37(26-33-18-15-14-16-19-33)46(57)50-63(59,60)35-23-21-34(48)22-24-35/h14-16,18-19,21-24,30-33,37-39,41,43-45H,13,17,20,25-29,49H2,1-12H3,(H,50,57)(H,51,58);14-16,18-19,21-24,29-32,36-38,40,42-44H,13,17,20,25-28,48H2,1-12H3,(H,49,56)(H,50,57)/t32-,33+,37-,38-,39-,41+,43-,44-,45+;31-,32+,36-,37-,38-,40+,42-,43-,44+/m00/s1. The molecule has 0 radical (unpaired) electrons. The van der Waals surface area contributed by atoms with Crippen molar-refractivity contribution in [2.45, 2.75) is 257 Å². The summed E-state index contributed by atoms with van der Waals surface area (Å²) in [5.74, 6) is -7.18. The summed E-state index contributed by atoms with van der Waals surface area (Å²) in [6, 6.07) is 24.4. The monoisotopic (exact) mass is 1810 g/mol. The number of ketones is 2. The molecule has 0 bridgehead atoms. The minimum atomic E-state index is -4.30. The second-order valence-corrected chi connectivity index (χ2v) is 39.9. The minimum Gasteiger partial charge on any atom is -0.399 e. The lowest BCUT2D eigenvalue weighted by Gasteiger charge is -2.41. The molecule has 2 fully saturated rings. The molecule has 2 saturated heterocycles. The van der Waals surface area contributed by atoms with Crippen molar-refractivity contribution in [1.29, 1.82) is 0 Å². The highest BCUT2D eigenvalue weighted by Gasteiger charge is 2.47. The number of rotatable bonds is 49. The fourth-order valence-corrected chi connectivity index (χ4v) is 20.4. The SMILES string of the molecule is CC[C@H](C)[C@@H]([C@@H](CC(=O)N1CCC[C@H]1[C@H](OC)[C@@H](C)C(=O)N[C@@H](Cc1ccccc1)C(=O)NS(=O)(=O)Cc1ccc(N)cc1)OC)N(C)C(=O)[C@@H](CC(=O)[C@H](C(C)C)N(C)C)C(C)C.CC[C@H](C)[C@@H]([C@@H](CC(=O)N1CCC[C@H]1[C@H](OC)[C@@H](C)C(=O)N[C@@H](Cc1ccccc1)C(=O)NS(=O)(=O)c1ccc(N)cc1)OC)N(C)C(=O)[C@@H](CC(=O)[C@H](C(C)C)N(C)C)C(C)C. The molecule has 0 spiro atoms. The highest BCUT2D eigenvalue weighted by atomic mass is 32.2. The van der Waals surface area contributed by atoms with Gasteiger partial charge < -0.3 is 60.6 Å². The molecule has 4 aromatic rings. The van der Waals surface area contributed by atoms with Crippen molar-refractivity contribution in [2.24, 2.45) is 59.2 Å². The number of amides is 8. The van der Waals surface area contributed by atoms with Gasteiger partial charge in [-0.1, -0.05) is 183 Å². The van der Waals surface area contributed by atoms with Gasteiger partial charge in [0.05, 0.1) is 96.0 Å². The number of sulfonamides is 2. The van der Waals surface area contributed by atoms with Crippen molar-refractivity contribution < 1.29 is 83.7 Å². The van der Waals surface area contributed by atoms with Crippen LogP contribution >= 0.6 is 0 Å². The van der Waals surface area contributed by atoms with Gasteiger partial charge in [0.15, 0.2) is 11.6 Å². The Balaban J connectivity index is 0.000000450. The molecule has 0 aromatic heterocycles. The van der Waals surface area contributed by atoms with Crippen molar-refractivity contribution in [1.82, 2.24) is 49.5 Å². The molecule has 0 unspecified atom stereocenters. The number of nitrogen functional groups attached to an aromatic ring is 2. The summed E-state index contributed by atoms with van der Waals surface area (Å²) in [5, 5.41) is 5.56. The predicted molar refractivity (Wildman–Crippen MR) is 495 cm³/mol. The Hall–Kier alpha value is -8.76. The fraction of sp³-hybridized carbons (Fsp3) is 0.642. The lowest BCUT2D eigenvalue weighted by Crippen LogP contribution is -2.55. The van der Waals surface area contributed by atoms with Gasteiger partial charge in [-0.3, -0.25) is 62.5 Å². The molecule has 30 nitrogen and oxygen atoms in total. The van der Waals surface area contributed by atoms with Crippen LogP contribution in [-0.4, -0.2) is 262 Å². The van der Waals surface area contributed by atoms with E-state index in [1.165, 1.54) is 52.7 Å². The summed E-state index contributed by atoms with van der Waals surface area (Å²) in [6.07, 6.45) is 1.06. The maximum atomic E-state index is 14.4. The number of anilines is 2. The highest BCUT2D eigenvalue weighted by Crippen LogP contribution is 2.35. The first-order valence-corrected chi connectivity index (χ1v) is 47.9. The molecular formula is C95H150N12O18S2. The number of hydrogen-bond acceptors (Lipinski definition) is 22. The molecule has 8 amide bonds. The smallest absolute Gasteiger partial charge is 0.264 e. The Labute approximate surface area is 757 Å². The van der Waals surface area contributed by atoms with Gasteiger partial charge in [-0.2, -0.15) is 0 Å². The summed E-state index contributed by atoms with van der Waals surface area (Å²) in [4.78, 5) is 151. The molecule has 2 aliphatic heterocycles. The summed E-state index contributed by atoms with van der Waals surface area (Å²) in [5.41, 5.74) is 14.1. The maximum Gasteiger partial charge on any atom is 0.264 e. The number of carbonyl (C=O) groups excluding carboxylic acids is 10. The van der Waals surface area contributed by atoms with Gasteiger partial charge in [0, 0.05) is 105 Å². The van der Waals surface area contributed by atoms with Gasteiger partial charge in [0.25, 0.3) is 21.8 Å². The van der Waals surface area contributed by atoms with E-state index in [4.69, 9.17) is 30.4 Å². The van der Waals surface area contributed by atoms with Crippen molar-refractivity contribution in [2.75, 3.05) is 95.3 Å². The first-order valence-electron chi connectivity index (χ1n) is 44.8. The van der Waals surface area contributed by atoms with Gasteiger partial charge in [0.2, 0.25) is 45.5 Å². The first-order chi connectivity index (χ1) is 59.7. The van der Waals surface area contributed by atoms with Crippen molar-refractivity contribution in [3.8, 4) is 0 Å². The van der Waals surface area contributed by atoms with Gasteiger partial charge >= 0.3 is 0 Å². The van der Waals surface area contributed by atoms with Crippen LogP contribution in [0.4, 0.5) is 11.4 Å². The zero-order valence-electron chi connectivity index (χ0n) is 79.7. The van der Waals surface area contributed by atoms with Gasteiger partial charge in [-0.15, -0.1) is 0 Å². The Morgan fingerprint density at radius 1 is 0.441 bits per heavy atom.